The third-order valence-electron chi connectivity index (χ3n) is 4.58. The molecule has 1 saturated carbocycles. The number of aromatic nitrogens is 1. The maximum atomic E-state index is 6.07. The van der Waals surface area contributed by atoms with Crippen molar-refractivity contribution in [2.24, 2.45) is 5.92 Å². The monoisotopic (exact) mass is 355 g/mol. The third-order valence-corrected chi connectivity index (χ3v) is 4.58. The lowest BCUT2D eigenvalue weighted by atomic mass is 9.99. The minimum atomic E-state index is 0. The Labute approximate surface area is 138 Å². The van der Waals surface area contributed by atoms with E-state index in [-0.39, 0.29) is 23.3 Å². The second-order valence-corrected chi connectivity index (χ2v) is 6.06. The standard InChI is InChI=1S/C17H26NO2.BrH/c1-4-11-18(12-5-1)13-6-14-19-17-10-9-16(20-17)15-7-2-3-8-15;/h1,4-5,11-12,15-17H,2-3,6-10,13-14H2;1H/q+1;/p-1. The highest BCUT2D eigenvalue weighted by Gasteiger charge is 2.33. The van der Waals surface area contributed by atoms with Crippen LogP contribution in [-0.2, 0) is 16.0 Å². The van der Waals surface area contributed by atoms with Crippen molar-refractivity contribution >= 4 is 0 Å². The van der Waals surface area contributed by atoms with Crippen LogP contribution < -0.4 is 21.5 Å². The van der Waals surface area contributed by atoms with Gasteiger partial charge in [0.25, 0.3) is 0 Å². The van der Waals surface area contributed by atoms with E-state index >= 15 is 0 Å². The summed E-state index contributed by atoms with van der Waals surface area (Å²) in [5, 5.41) is 0. The topological polar surface area (TPSA) is 22.3 Å². The lowest BCUT2D eigenvalue weighted by molar-refractivity contribution is -0.697. The average molecular weight is 356 g/mol. The molecule has 0 aromatic carbocycles. The SMILES string of the molecule is [Br-].c1cc[n+](CCCOC2CCC(C3CCCC3)O2)cc1. The fourth-order valence-corrected chi connectivity index (χ4v) is 3.48. The molecule has 2 fully saturated rings. The normalized spacial score (nSPS) is 25.9. The van der Waals surface area contributed by atoms with Gasteiger partial charge in [-0.2, -0.15) is 0 Å². The minimum Gasteiger partial charge on any atom is -1.00 e. The summed E-state index contributed by atoms with van der Waals surface area (Å²) in [6.07, 6.45) is 13.6. The van der Waals surface area contributed by atoms with E-state index in [1.807, 2.05) is 6.07 Å². The maximum Gasteiger partial charge on any atom is 0.168 e. The molecule has 3 nitrogen and oxygen atoms in total. The molecule has 1 aromatic heterocycles. The maximum absolute atomic E-state index is 6.07. The number of halogens is 1. The zero-order chi connectivity index (χ0) is 13.6. The number of aryl methyl sites for hydroxylation is 1. The van der Waals surface area contributed by atoms with Crippen molar-refractivity contribution in [3.05, 3.63) is 30.6 Å². The lowest BCUT2D eigenvalue weighted by Crippen LogP contribution is -3.00. The number of nitrogens with zero attached hydrogens (tertiary/aromatic N) is 1. The van der Waals surface area contributed by atoms with Gasteiger partial charge in [-0.25, -0.2) is 4.57 Å². The Kier molecular flexibility index (Phi) is 7.14. The van der Waals surface area contributed by atoms with Gasteiger partial charge in [0.1, 0.15) is 0 Å². The van der Waals surface area contributed by atoms with Crippen LogP contribution in [0.1, 0.15) is 44.9 Å². The van der Waals surface area contributed by atoms with Crippen LogP contribution in [0.5, 0.6) is 0 Å². The van der Waals surface area contributed by atoms with Crippen LogP contribution in [0.15, 0.2) is 30.6 Å². The third kappa shape index (κ3) is 5.04. The van der Waals surface area contributed by atoms with Crippen molar-refractivity contribution in [2.45, 2.75) is 63.9 Å². The number of rotatable bonds is 6. The first-order valence-electron chi connectivity index (χ1n) is 8.13. The molecule has 2 heterocycles. The Hall–Kier alpha value is -0.450. The molecule has 1 aliphatic heterocycles. The van der Waals surface area contributed by atoms with Crippen molar-refractivity contribution in [3.63, 3.8) is 0 Å². The van der Waals surface area contributed by atoms with E-state index in [2.05, 4.69) is 29.1 Å². The zero-order valence-electron chi connectivity index (χ0n) is 12.6. The summed E-state index contributed by atoms with van der Waals surface area (Å²) in [7, 11) is 0. The highest BCUT2D eigenvalue weighted by atomic mass is 79.9. The van der Waals surface area contributed by atoms with Crippen LogP contribution in [0.25, 0.3) is 0 Å². The first kappa shape index (κ1) is 16.9. The van der Waals surface area contributed by atoms with Gasteiger partial charge in [0.15, 0.2) is 25.2 Å². The molecular formula is C17H26BrNO2. The largest absolute Gasteiger partial charge is 1.00 e. The van der Waals surface area contributed by atoms with Crippen LogP contribution in [0.3, 0.4) is 0 Å². The number of hydrogen-bond acceptors (Lipinski definition) is 2. The van der Waals surface area contributed by atoms with Gasteiger partial charge < -0.3 is 26.5 Å². The van der Waals surface area contributed by atoms with Crippen LogP contribution in [0, 0.1) is 5.92 Å². The van der Waals surface area contributed by atoms with E-state index in [0.29, 0.717) is 6.10 Å². The molecule has 4 heteroatoms. The van der Waals surface area contributed by atoms with Gasteiger partial charge in [-0.15, -0.1) is 0 Å². The molecule has 2 unspecified atom stereocenters. The van der Waals surface area contributed by atoms with E-state index in [9.17, 15) is 0 Å². The van der Waals surface area contributed by atoms with Crippen LogP contribution in [0.4, 0.5) is 0 Å². The summed E-state index contributed by atoms with van der Waals surface area (Å²) < 4.78 is 14.1. The Bertz CT molecular complexity index is 395. The van der Waals surface area contributed by atoms with E-state index in [4.69, 9.17) is 9.47 Å². The van der Waals surface area contributed by atoms with Gasteiger partial charge in [-0.1, -0.05) is 18.9 Å². The number of pyridine rings is 1. The highest BCUT2D eigenvalue weighted by Crippen LogP contribution is 2.35. The molecular weight excluding hydrogens is 330 g/mol. The van der Waals surface area contributed by atoms with Crippen molar-refractivity contribution < 1.29 is 31.0 Å². The van der Waals surface area contributed by atoms with E-state index in [1.54, 1.807) is 0 Å². The van der Waals surface area contributed by atoms with Gasteiger partial charge in [0, 0.05) is 25.0 Å². The fourth-order valence-electron chi connectivity index (χ4n) is 3.48. The number of ether oxygens (including phenoxy) is 2. The van der Waals surface area contributed by atoms with Crippen LogP contribution in [-0.4, -0.2) is 19.0 Å². The Morgan fingerprint density at radius 3 is 2.52 bits per heavy atom. The van der Waals surface area contributed by atoms with Crippen molar-refractivity contribution in [1.29, 1.82) is 0 Å². The second kappa shape index (κ2) is 8.86. The van der Waals surface area contributed by atoms with Gasteiger partial charge in [-0.3, -0.25) is 0 Å². The van der Waals surface area contributed by atoms with Gasteiger partial charge >= 0.3 is 0 Å². The average Bonchev–Trinajstić information content (AvgIpc) is 3.15. The van der Waals surface area contributed by atoms with Crippen molar-refractivity contribution in [2.75, 3.05) is 6.61 Å². The molecule has 0 bridgehead atoms. The Morgan fingerprint density at radius 2 is 1.76 bits per heavy atom. The zero-order valence-corrected chi connectivity index (χ0v) is 14.2. The molecule has 0 N–H and O–H groups in total. The van der Waals surface area contributed by atoms with Gasteiger partial charge in [0.2, 0.25) is 0 Å². The second-order valence-electron chi connectivity index (χ2n) is 6.06. The predicted octanol–water partition coefficient (Wildman–Crippen LogP) is 0.0801. The lowest BCUT2D eigenvalue weighted by Gasteiger charge is -2.19. The number of hydrogen-bond donors (Lipinski definition) is 0. The quantitative estimate of drug-likeness (QED) is 0.532. The molecule has 2 aliphatic rings. The molecule has 2 atom stereocenters. The predicted molar refractivity (Wildman–Crippen MR) is 77.1 cm³/mol. The molecule has 118 valence electrons. The summed E-state index contributed by atoms with van der Waals surface area (Å²) in [6.45, 7) is 1.81. The summed E-state index contributed by atoms with van der Waals surface area (Å²) >= 11 is 0. The molecule has 0 spiro atoms. The Morgan fingerprint density at radius 1 is 1.00 bits per heavy atom. The molecule has 3 rings (SSSR count). The van der Waals surface area contributed by atoms with Crippen molar-refractivity contribution in [1.82, 2.24) is 0 Å². The first-order chi connectivity index (χ1) is 9.92. The molecule has 1 aromatic rings. The highest BCUT2D eigenvalue weighted by molar-refractivity contribution is 4.83. The molecule has 0 amide bonds. The van der Waals surface area contributed by atoms with E-state index in [1.165, 1.54) is 32.1 Å². The molecule has 0 radical (unpaired) electrons. The fraction of sp³-hybridized carbons (Fsp3) is 0.706. The first-order valence-corrected chi connectivity index (χ1v) is 8.13. The molecule has 21 heavy (non-hydrogen) atoms. The van der Waals surface area contributed by atoms with Gasteiger partial charge in [0.05, 0.1) is 12.7 Å². The molecule has 1 saturated heterocycles. The van der Waals surface area contributed by atoms with E-state index < -0.39 is 0 Å². The Balaban J connectivity index is 0.00000161. The smallest absolute Gasteiger partial charge is 0.168 e. The van der Waals surface area contributed by atoms with Crippen LogP contribution in [0.2, 0.25) is 0 Å². The van der Waals surface area contributed by atoms with Crippen LogP contribution >= 0.6 is 0 Å². The summed E-state index contributed by atoms with van der Waals surface area (Å²) in [4.78, 5) is 0. The van der Waals surface area contributed by atoms with E-state index in [0.717, 1.165) is 31.9 Å². The summed E-state index contributed by atoms with van der Waals surface area (Å²) in [6, 6.07) is 6.17. The summed E-state index contributed by atoms with van der Waals surface area (Å²) in [5.41, 5.74) is 0. The minimum absolute atomic E-state index is 0. The molecule has 1 aliphatic carbocycles. The van der Waals surface area contributed by atoms with Gasteiger partial charge in [-0.05, 0) is 25.2 Å². The summed E-state index contributed by atoms with van der Waals surface area (Å²) in [5.74, 6) is 0.809. The van der Waals surface area contributed by atoms with Crippen molar-refractivity contribution in [3.8, 4) is 0 Å².